The fourth-order valence-electron chi connectivity index (χ4n) is 3.78. The van der Waals surface area contributed by atoms with Gasteiger partial charge in [-0.25, -0.2) is 12.8 Å². The smallest absolute Gasteiger partial charge is 0.252 e. The van der Waals surface area contributed by atoms with Gasteiger partial charge in [0.05, 0.1) is 38.2 Å². The molecule has 164 valence electrons. The average Bonchev–Trinajstić information content (AvgIpc) is 3.19. The number of halogens is 1. The summed E-state index contributed by atoms with van der Waals surface area (Å²) < 4.78 is 48.2. The minimum Gasteiger partial charge on any atom is -0.493 e. The van der Waals surface area contributed by atoms with Gasteiger partial charge in [-0.2, -0.15) is 4.99 Å². The molecule has 1 amide bonds. The van der Waals surface area contributed by atoms with Gasteiger partial charge in [-0.05, 0) is 42.0 Å². The maximum atomic E-state index is 13.4. The van der Waals surface area contributed by atoms with Crippen LogP contribution in [0.15, 0.2) is 47.5 Å². The van der Waals surface area contributed by atoms with Crippen LogP contribution in [0.4, 0.5) is 10.1 Å². The van der Waals surface area contributed by atoms with Crippen LogP contribution in [0.5, 0.6) is 11.5 Å². The van der Waals surface area contributed by atoms with Crippen LogP contribution in [0.3, 0.4) is 0 Å². The second-order valence-electron chi connectivity index (χ2n) is 7.30. The van der Waals surface area contributed by atoms with Crippen LogP contribution in [0.2, 0.25) is 0 Å². The normalized spacial score (nSPS) is 23.1. The summed E-state index contributed by atoms with van der Waals surface area (Å²) in [5.41, 5.74) is 1.32. The van der Waals surface area contributed by atoms with Crippen LogP contribution in [-0.2, 0) is 21.1 Å². The first-order valence-electron chi connectivity index (χ1n) is 9.54. The minimum absolute atomic E-state index is 0.0229. The lowest BCUT2D eigenvalue weighted by atomic mass is 10.1. The molecule has 0 unspecified atom stereocenters. The van der Waals surface area contributed by atoms with Crippen LogP contribution < -0.4 is 14.4 Å². The monoisotopic (exact) mass is 464 g/mol. The fourth-order valence-corrected chi connectivity index (χ4v) is 7.71. The van der Waals surface area contributed by atoms with Crippen molar-refractivity contribution in [1.29, 1.82) is 0 Å². The number of fused-ring (bicyclic) bond motifs is 1. The molecule has 0 aromatic heterocycles. The van der Waals surface area contributed by atoms with E-state index < -0.39 is 15.7 Å². The molecule has 2 fully saturated rings. The summed E-state index contributed by atoms with van der Waals surface area (Å²) >= 11 is 1.28. The molecule has 31 heavy (non-hydrogen) atoms. The Hall–Kier alpha value is -2.59. The standard InChI is InChI=1S/C21H21FN2O5S2/c1-28-17-8-3-13(9-18(17)29-2)10-20(25)23-21-24(15-6-4-14(22)5-7-15)16-11-31(26,27)12-19(16)30-21/h3-9,16,19H,10-12H2,1-2H3/t16-,19-/m0/s1. The molecule has 10 heteroatoms. The van der Waals surface area contributed by atoms with Gasteiger partial charge in [0.2, 0.25) is 0 Å². The van der Waals surface area contributed by atoms with E-state index in [2.05, 4.69) is 4.99 Å². The molecule has 2 heterocycles. The van der Waals surface area contributed by atoms with Gasteiger partial charge >= 0.3 is 0 Å². The Balaban J connectivity index is 1.60. The zero-order valence-electron chi connectivity index (χ0n) is 16.9. The number of carbonyl (C=O) groups excluding carboxylic acids is 1. The highest BCUT2D eigenvalue weighted by Gasteiger charge is 2.49. The number of thioether (sulfide) groups is 1. The maximum Gasteiger partial charge on any atom is 0.252 e. The minimum atomic E-state index is -3.17. The van der Waals surface area contributed by atoms with Gasteiger partial charge in [-0.3, -0.25) is 4.79 Å². The summed E-state index contributed by atoms with van der Waals surface area (Å²) in [5.74, 6) is 0.323. The number of methoxy groups -OCH3 is 2. The molecule has 2 aromatic rings. The van der Waals surface area contributed by atoms with Crippen molar-refractivity contribution in [1.82, 2.24) is 0 Å². The number of amides is 1. The number of hydrogen-bond donors (Lipinski definition) is 0. The molecule has 2 aliphatic heterocycles. The number of hydrogen-bond acceptors (Lipinski definition) is 6. The molecule has 2 atom stereocenters. The van der Waals surface area contributed by atoms with E-state index in [1.54, 1.807) is 35.2 Å². The molecule has 0 N–H and O–H groups in total. The average molecular weight is 465 g/mol. The molecular weight excluding hydrogens is 443 g/mol. The third kappa shape index (κ3) is 4.54. The van der Waals surface area contributed by atoms with Crippen molar-refractivity contribution in [3.05, 3.63) is 53.8 Å². The van der Waals surface area contributed by atoms with Gasteiger partial charge in [0.15, 0.2) is 26.5 Å². The van der Waals surface area contributed by atoms with Crippen molar-refractivity contribution >= 4 is 38.4 Å². The largest absolute Gasteiger partial charge is 0.493 e. The Labute approximate surface area is 184 Å². The predicted octanol–water partition coefficient (Wildman–Crippen LogP) is 2.69. The SMILES string of the molecule is COc1ccc(CC(=O)N=C2S[C@H]3CS(=O)(=O)C[C@@H]3N2c2ccc(F)cc2)cc1OC. The number of carbonyl (C=O) groups is 1. The molecule has 0 bridgehead atoms. The fraction of sp³-hybridized carbons (Fsp3) is 0.333. The second kappa shape index (κ2) is 8.51. The third-order valence-corrected chi connectivity index (χ3v) is 8.40. The van der Waals surface area contributed by atoms with Gasteiger partial charge in [-0.15, -0.1) is 0 Å². The molecule has 2 aromatic carbocycles. The number of amidine groups is 1. The zero-order chi connectivity index (χ0) is 22.2. The molecular formula is C21H21FN2O5S2. The highest BCUT2D eigenvalue weighted by atomic mass is 32.2. The van der Waals surface area contributed by atoms with Crippen molar-refractivity contribution in [3.8, 4) is 11.5 Å². The van der Waals surface area contributed by atoms with E-state index in [9.17, 15) is 17.6 Å². The Bertz CT molecular complexity index is 1130. The van der Waals surface area contributed by atoms with Crippen LogP contribution >= 0.6 is 11.8 Å². The molecule has 0 radical (unpaired) electrons. The van der Waals surface area contributed by atoms with E-state index in [1.165, 1.54) is 38.1 Å². The van der Waals surface area contributed by atoms with Crippen molar-refractivity contribution < 1.29 is 27.1 Å². The van der Waals surface area contributed by atoms with Crippen LogP contribution in [0, 0.1) is 5.82 Å². The molecule has 0 spiro atoms. The van der Waals surface area contributed by atoms with Crippen molar-refractivity contribution in [2.75, 3.05) is 30.6 Å². The molecule has 0 saturated carbocycles. The number of rotatable bonds is 5. The van der Waals surface area contributed by atoms with E-state index >= 15 is 0 Å². The van der Waals surface area contributed by atoms with Gasteiger partial charge in [0, 0.05) is 10.9 Å². The summed E-state index contributed by atoms with van der Waals surface area (Å²) in [6, 6.07) is 10.6. The molecule has 2 saturated heterocycles. The quantitative estimate of drug-likeness (QED) is 0.673. The van der Waals surface area contributed by atoms with E-state index in [1.807, 2.05) is 0 Å². The van der Waals surface area contributed by atoms with E-state index in [0.717, 1.165) is 0 Å². The first-order valence-corrected chi connectivity index (χ1v) is 12.2. The highest BCUT2D eigenvalue weighted by Crippen LogP contribution is 2.41. The number of nitrogens with zero attached hydrogens (tertiary/aromatic N) is 2. The Kier molecular flexibility index (Phi) is 5.94. The lowest BCUT2D eigenvalue weighted by Crippen LogP contribution is -2.37. The molecule has 0 aliphatic carbocycles. The zero-order valence-corrected chi connectivity index (χ0v) is 18.6. The van der Waals surface area contributed by atoms with E-state index in [-0.39, 0.29) is 35.1 Å². The van der Waals surface area contributed by atoms with Gasteiger partial charge < -0.3 is 14.4 Å². The number of anilines is 1. The van der Waals surface area contributed by atoms with Gasteiger partial charge in [0.25, 0.3) is 5.91 Å². The lowest BCUT2D eigenvalue weighted by molar-refractivity contribution is -0.117. The van der Waals surface area contributed by atoms with Crippen molar-refractivity contribution in [2.24, 2.45) is 4.99 Å². The van der Waals surface area contributed by atoms with Gasteiger partial charge in [0.1, 0.15) is 5.82 Å². The molecule has 7 nitrogen and oxygen atoms in total. The van der Waals surface area contributed by atoms with Crippen LogP contribution in [0.1, 0.15) is 5.56 Å². The lowest BCUT2D eigenvalue weighted by Gasteiger charge is -2.24. The number of benzene rings is 2. The van der Waals surface area contributed by atoms with Gasteiger partial charge in [-0.1, -0.05) is 17.8 Å². The summed E-state index contributed by atoms with van der Waals surface area (Å²) in [6.45, 7) is 0. The third-order valence-electron chi connectivity index (χ3n) is 5.20. The Morgan fingerprint density at radius 3 is 2.52 bits per heavy atom. The summed E-state index contributed by atoms with van der Waals surface area (Å²) in [5, 5.41) is 0.213. The Morgan fingerprint density at radius 1 is 1.13 bits per heavy atom. The Morgan fingerprint density at radius 2 is 1.84 bits per heavy atom. The van der Waals surface area contributed by atoms with E-state index in [0.29, 0.717) is 27.9 Å². The second-order valence-corrected chi connectivity index (χ2v) is 10.7. The first-order chi connectivity index (χ1) is 14.8. The first kappa shape index (κ1) is 21.6. The topological polar surface area (TPSA) is 85.3 Å². The summed E-state index contributed by atoms with van der Waals surface area (Å²) in [7, 11) is -0.117. The maximum absolute atomic E-state index is 13.4. The number of sulfone groups is 1. The van der Waals surface area contributed by atoms with Crippen LogP contribution in [-0.4, -0.2) is 56.5 Å². The number of ether oxygens (including phenoxy) is 2. The van der Waals surface area contributed by atoms with Crippen molar-refractivity contribution in [2.45, 2.75) is 17.7 Å². The highest BCUT2D eigenvalue weighted by molar-refractivity contribution is 8.16. The molecule has 2 aliphatic rings. The van der Waals surface area contributed by atoms with Crippen LogP contribution in [0.25, 0.3) is 0 Å². The summed E-state index contributed by atoms with van der Waals surface area (Å²) in [6.07, 6.45) is 0.0509. The van der Waals surface area contributed by atoms with Crippen molar-refractivity contribution in [3.63, 3.8) is 0 Å². The predicted molar refractivity (Wildman–Crippen MR) is 118 cm³/mol. The number of aliphatic imine (C=N–C) groups is 1. The van der Waals surface area contributed by atoms with E-state index in [4.69, 9.17) is 9.47 Å². The molecule has 4 rings (SSSR count). The summed E-state index contributed by atoms with van der Waals surface area (Å²) in [4.78, 5) is 18.8.